The van der Waals surface area contributed by atoms with Crippen LogP contribution in [-0.2, 0) is 14.8 Å². The van der Waals surface area contributed by atoms with E-state index in [9.17, 15) is 8.42 Å². The molecule has 0 heterocycles. The van der Waals surface area contributed by atoms with Crippen LogP contribution in [0.25, 0.3) is 0 Å². The third-order valence-electron chi connectivity index (χ3n) is 2.05. The molecule has 0 amide bonds. The molecule has 90 valence electrons. The molecule has 16 heavy (non-hydrogen) atoms. The van der Waals surface area contributed by atoms with Gasteiger partial charge in [0.2, 0.25) is 10.0 Å². The number of benzene rings is 1. The number of halogens is 1. The van der Waals surface area contributed by atoms with E-state index in [4.69, 9.17) is 4.74 Å². The van der Waals surface area contributed by atoms with Crippen LogP contribution in [-0.4, -0.2) is 28.7 Å². The van der Waals surface area contributed by atoms with Gasteiger partial charge in [-0.15, -0.1) is 0 Å². The summed E-state index contributed by atoms with van der Waals surface area (Å²) in [6.07, 6.45) is 0. The highest BCUT2D eigenvalue weighted by molar-refractivity contribution is 9.10. The molecule has 1 rings (SSSR count). The van der Waals surface area contributed by atoms with Crippen LogP contribution < -0.4 is 4.72 Å². The molecule has 0 aliphatic rings. The van der Waals surface area contributed by atoms with E-state index in [1.807, 2.05) is 6.92 Å². The fourth-order valence-electron chi connectivity index (χ4n) is 1.10. The normalized spacial score (nSPS) is 11.7. The summed E-state index contributed by atoms with van der Waals surface area (Å²) >= 11 is 3.30. The van der Waals surface area contributed by atoms with Crippen LogP contribution in [0.5, 0.6) is 0 Å². The van der Waals surface area contributed by atoms with Crippen molar-refractivity contribution >= 4 is 26.0 Å². The molecule has 0 aliphatic carbocycles. The molecule has 0 saturated heterocycles. The first-order valence-electron chi connectivity index (χ1n) is 4.72. The Balaban J connectivity index is 2.86. The second-order valence-electron chi connectivity index (χ2n) is 3.30. The predicted octanol–water partition coefficient (Wildman–Crippen LogP) is 1.68. The lowest BCUT2D eigenvalue weighted by Crippen LogP contribution is -2.27. The molecule has 1 aromatic carbocycles. The molecule has 0 saturated carbocycles. The van der Waals surface area contributed by atoms with Gasteiger partial charge in [-0.05, 0) is 24.6 Å². The van der Waals surface area contributed by atoms with Crippen molar-refractivity contribution in [1.82, 2.24) is 4.72 Å². The third kappa shape index (κ3) is 3.55. The Morgan fingerprint density at radius 1 is 1.44 bits per heavy atom. The number of sulfonamides is 1. The van der Waals surface area contributed by atoms with Gasteiger partial charge in [-0.25, -0.2) is 13.1 Å². The molecule has 0 atom stereocenters. The third-order valence-corrected chi connectivity index (χ3v) is 4.36. The van der Waals surface area contributed by atoms with Crippen LogP contribution >= 0.6 is 15.9 Å². The van der Waals surface area contributed by atoms with E-state index >= 15 is 0 Å². The molecule has 0 bridgehead atoms. The van der Waals surface area contributed by atoms with Gasteiger partial charge in [0.1, 0.15) is 0 Å². The van der Waals surface area contributed by atoms with Crippen LogP contribution in [0, 0.1) is 6.92 Å². The minimum Gasteiger partial charge on any atom is -0.383 e. The summed E-state index contributed by atoms with van der Waals surface area (Å²) in [6.45, 7) is 2.52. The average Bonchev–Trinajstić information content (AvgIpc) is 2.22. The maximum Gasteiger partial charge on any atom is 0.240 e. The average molecular weight is 308 g/mol. The van der Waals surface area contributed by atoms with E-state index in [1.165, 1.54) is 7.11 Å². The highest BCUT2D eigenvalue weighted by atomic mass is 79.9. The monoisotopic (exact) mass is 307 g/mol. The molecule has 0 aromatic heterocycles. The Labute approximate surface area is 104 Å². The zero-order valence-electron chi connectivity index (χ0n) is 9.16. The first-order valence-corrected chi connectivity index (χ1v) is 7.00. The fourth-order valence-corrected chi connectivity index (χ4v) is 2.67. The molecule has 1 N–H and O–H groups in total. The summed E-state index contributed by atoms with van der Waals surface area (Å²) in [5.74, 6) is 0. The Hall–Kier alpha value is -0.430. The summed E-state index contributed by atoms with van der Waals surface area (Å²) in [5.41, 5.74) is 0.996. The lowest BCUT2D eigenvalue weighted by Gasteiger charge is -2.07. The van der Waals surface area contributed by atoms with E-state index < -0.39 is 10.0 Å². The molecule has 0 aliphatic heterocycles. The van der Waals surface area contributed by atoms with E-state index in [-0.39, 0.29) is 11.4 Å². The number of nitrogens with one attached hydrogen (secondary N) is 1. The summed E-state index contributed by atoms with van der Waals surface area (Å²) in [7, 11) is -1.91. The molecule has 0 radical (unpaired) electrons. The van der Waals surface area contributed by atoms with Gasteiger partial charge in [0.05, 0.1) is 11.5 Å². The quantitative estimate of drug-likeness (QED) is 0.842. The number of methoxy groups -OCH3 is 1. The second kappa shape index (κ2) is 5.77. The van der Waals surface area contributed by atoms with Crippen LogP contribution in [0.2, 0.25) is 0 Å². The Kier molecular flexibility index (Phi) is 4.91. The molecule has 6 heteroatoms. The van der Waals surface area contributed by atoms with Crippen molar-refractivity contribution < 1.29 is 13.2 Å². The van der Waals surface area contributed by atoms with E-state index in [0.29, 0.717) is 6.61 Å². The molecular formula is C10H14BrNO3S. The standard InChI is InChI=1S/C10H14BrNO3S/c1-8-3-4-9(7-10(8)11)16(13,14)12-5-6-15-2/h3-4,7,12H,5-6H2,1-2H3. The van der Waals surface area contributed by atoms with Crippen LogP contribution in [0.4, 0.5) is 0 Å². The predicted molar refractivity (Wildman–Crippen MR) is 65.9 cm³/mol. The molecular weight excluding hydrogens is 294 g/mol. The Morgan fingerprint density at radius 2 is 2.12 bits per heavy atom. The summed E-state index contributed by atoms with van der Waals surface area (Å²) in [4.78, 5) is 0.251. The molecule has 0 unspecified atom stereocenters. The van der Waals surface area contributed by atoms with E-state index in [0.717, 1.165) is 10.0 Å². The van der Waals surface area contributed by atoms with Crippen molar-refractivity contribution in [3.63, 3.8) is 0 Å². The zero-order valence-corrected chi connectivity index (χ0v) is 11.6. The highest BCUT2D eigenvalue weighted by Gasteiger charge is 2.13. The van der Waals surface area contributed by atoms with Gasteiger partial charge in [0.15, 0.2) is 0 Å². The molecule has 0 fully saturated rings. The first-order chi connectivity index (χ1) is 7.47. The van der Waals surface area contributed by atoms with E-state index in [1.54, 1.807) is 18.2 Å². The van der Waals surface area contributed by atoms with Crippen LogP contribution in [0.3, 0.4) is 0 Å². The maximum absolute atomic E-state index is 11.8. The van der Waals surface area contributed by atoms with E-state index in [2.05, 4.69) is 20.7 Å². The summed E-state index contributed by atoms with van der Waals surface area (Å²) in [6, 6.07) is 4.93. The smallest absolute Gasteiger partial charge is 0.240 e. The van der Waals surface area contributed by atoms with Gasteiger partial charge in [-0.3, -0.25) is 0 Å². The van der Waals surface area contributed by atoms with Gasteiger partial charge in [-0.1, -0.05) is 22.0 Å². The van der Waals surface area contributed by atoms with Gasteiger partial charge < -0.3 is 4.74 Å². The van der Waals surface area contributed by atoms with Crippen molar-refractivity contribution in [2.45, 2.75) is 11.8 Å². The van der Waals surface area contributed by atoms with Crippen molar-refractivity contribution in [1.29, 1.82) is 0 Å². The van der Waals surface area contributed by atoms with Gasteiger partial charge in [0, 0.05) is 18.1 Å². The number of hydrogen-bond donors (Lipinski definition) is 1. The van der Waals surface area contributed by atoms with Gasteiger partial charge in [0.25, 0.3) is 0 Å². The first kappa shape index (κ1) is 13.6. The fraction of sp³-hybridized carbons (Fsp3) is 0.400. The Morgan fingerprint density at radius 3 is 2.69 bits per heavy atom. The van der Waals surface area contributed by atoms with Crippen LogP contribution in [0.1, 0.15) is 5.56 Å². The Bertz CT molecular complexity index is 459. The van der Waals surface area contributed by atoms with Gasteiger partial charge >= 0.3 is 0 Å². The SMILES string of the molecule is COCCNS(=O)(=O)c1ccc(C)c(Br)c1. The van der Waals surface area contributed by atoms with Crippen molar-refractivity contribution in [2.24, 2.45) is 0 Å². The van der Waals surface area contributed by atoms with Crippen molar-refractivity contribution in [3.05, 3.63) is 28.2 Å². The minimum atomic E-state index is -3.43. The maximum atomic E-state index is 11.8. The van der Waals surface area contributed by atoms with Crippen molar-refractivity contribution in [3.8, 4) is 0 Å². The van der Waals surface area contributed by atoms with Crippen LogP contribution in [0.15, 0.2) is 27.6 Å². The van der Waals surface area contributed by atoms with Crippen molar-refractivity contribution in [2.75, 3.05) is 20.3 Å². The highest BCUT2D eigenvalue weighted by Crippen LogP contribution is 2.20. The van der Waals surface area contributed by atoms with Gasteiger partial charge in [-0.2, -0.15) is 0 Å². The topological polar surface area (TPSA) is 55.4 Å². The molecule has 4 nitrogen and oxygen atoms in total. The zero-order chi connectivity index (χ0) is 12.2. The number of ether oxygens (including phenoxy) is 1. The summed E-state index contributed by atoms with van der Waals surface area (Å²) < 4.78 is 31.6. The number of aryl methyl sites for hydroxylation is 1. The lowest BCUT2D eigenvalue weighted by molar-refractivity contribution is 0.204. The number of rotatable bonds is 5. The summed E-state index contributed by atoms with van der Waals surface area (Å²) in [5, 5.41) is 0. The second-order valence-corrected chi connectivity index (χ2v) is 5.92. The minimum absolute atomic E-state index is 0.251. The number of hydrogen-bond acceptors (Lipinski definition) is 3. The lowest BCUT2D eigenvalue weighted by atomic mass is 10.2. The molecule has 0 spiro atoms. The largest absolute Gasteiger partial charge is 0.383 e. The molecule has 1 aromatic rings.